The van der Waals surface area contributed by atoms with Crippen LogP contribution in [-0.2, 0) is 11.3 Å². The van der Waals surface area contributed by atoms with E-state index in [0.717, 1.165) is 43.5 Å². The molecular formula is C22H23N3O2S2. The fourth-order valence-corrected chi connectivity index (χ4v) is 5.76. The van der Waals surface area contributed by atoms with Crippen molar-refractivity contribution in [3.05, 3.63) is 64.0 Å². The molecule has 150 valence electrons. The van der Waals surface area contributed by atoms with E-state index in [4.69, 9.17) is 9.73 Å². The Morgan fingerprint density at radius 1 is 1.00 bits per heavy atom. The van der Waals surface area contributed by atoms with Crippen LogP contribution < -0.4 is 9.64 Å². The Morgan fingerprint density at radius 3 is 2.45 bits per heavy atom. The average molecular weight is 426 g/mol. The van der Waals surface area contributed by atoms with Crippen LogP contribution in [0.25, 0.3) is 0 Å². The molecule has 2 aliphatic rings. The number of methoxy groups -OCH3 is 1. The van der Waals surface area contributed by atoms with Crippen molar-refractivity contribution < 1.29 is 9.53 Å². The van der Waals surface area contributed by atoms with Gasteiger partial charge in [-0.05, 0) is 43.3 Å². The summed E-state index contributed by atoms with van der Waals surface area (Å²) in [6.45, 7) is 6.04. The fraction of sp³-hybridized carbons (Fsp3) is 0.273. The summed E-state index contributed by atoms with van der Waals surface area (Å²) in [5, 5.41) is 1.75. The highest BCUT2D eigenvalue weighted by molar-refractivity contribution is 8.19. The minimum absolute atomic E-state index is 0.0324. The van der Waals surface area contributed by atoms with Crippen molar-refractivity contribution in [3.63, 3.8) is 0 Å². The Balaban J connectivity index is 1.67. The maximum absolute atomic E-state index is 13.2. The van der Waals surface area contributed by atoms with E-state index in [1.54, 1.807) is 23.8 Å². The van der Waals surface area contributed by atoms with Crippen molar-refractivity contribution in [2.24, 2.45) is 4.99 Å². The van der Waals surface area contributed by atoms with Crippen molar-refractivity contribution in [1.82, 2.24) is 4.90 Å². The lowest BCUT2D eigenvalue weighted by Crippen LogP contribution is -2.29. The van der Waals surface area contributed by atoms with Crippen LogP contribution in [-0.4, -0.2) is 36.2 Å². The summed E-state index contributed by atoms with van der Waals surface area (Å²) in [6, 6.07) is 16.2. The maximum Gasteiger partial charge on any atom is 0.269 e. The number of hydrogen-bond donors (Lipinski definition) is 0. The summed E-state index contributed by atoms with van der Waals surface area (Å²) in [7, 11) is 1.67. The summed E-state index contributed by atoms with van der Waals surface area (Å²) in [6.07, 6.45) is 0. The third kappa shape index (κ3) is 3.76. The first-order valence-corrected chi connectivity index (χ1v) is 11.2. The molecule has 5 nitrogen and oxygen atoms in total. The second-order valence-corrected chi connectivity index (χ2v) is 8.56. The zero-order valence-electron chi connectivity index (χ0n) is 16.7. The zero-order valence-corrected chi connectivity index (χ0v) is 18.3. The second-order valence-electron chi connectivity index (χ2n) is 6.55. The maximum atomic E-state index is 13.2. The molecule has 0 N–H and O–H groups in total. The van der Waals surface area contributed by atoms with E-state index in [0.29, 0.717) is 13.1 Å². The molecule has 2 aromatic rings. The van der Waals surface area contributed by atoms with Crippen molar-refractivity contribution in [1.29, 1.82) is 0 Å². The molecule has 4 rings (SSSR count). The molecule has 0 radical (unpaired) electrons. The van der Waals surface area contributed by atoms with E-state index in [1.807, 2.05) is 37.3 Å². The first-order valence-electron chi connectivity index (χ1n) is 9.62. The molecule has 0 bridgehead atoms. The predicted octanol–water partition coefficient (Wildman–Crippen LogP) is 4.95. The lowest BCUT2D eigenvalue weighted by atomic mass is 10.2. The van der Waals surface area contributed by atoms with Gasteiger partial charge in [-0.15, -0.1) is 0 Å². The van der Waals surface area contributed by atoms with Crippen LogP contribution in [0.3, 0.4) is 0 Å². The van der Waals surface area contributed by atoms with Gasteiger partial charge in [0.05, 0.1) is 19.3 Å². The minimum Gasteiger partial charge on any atom is -0.497 e. The highest BCUT2D eigenvalue weighted by Crippen LogP contribution is 2.51. The molecule has 0 spiro atoms. The second kappa shape index (κ2) is 8.55. The summed E-state index contributed by atoms with van der Waals surface area (Å²) in [4.78, 5) is 23.8. The standard InChI is InChI=1S/C22H23N3O2S2/c1-4-24-17-13-16(27-3)11-12-18(17)28-21(24)19-20(26)25(5-2)22(29-19)23-14-15-9-7-6-8-10-15/h6-13H,4-5,14H2,1-3H3/b21-19-,23-22?. The van der Waals surface area contributed by atoms with E-state index in [-0.39, 0.29) is 5.91 Å². The Morgan fingerprint density at radius 2 is 1.76 bits per heavy atom. The smallest absolute Gasteiger partial charge is 0.269 e. The number of carbonyl (C=O) groups is 1. The molecule has 0 saturated carbocycles. The number of nitrogens with zero attached hydrogens (tertiary/aromatic N) is 3. The number of amides is 1. The number of likely N-dealkylation sites (N-methyl/N-ethyl adjacent to an activating group) is 1. The minimum atomic E-state index is 0.0324. The number of benzene rings is 2. The van der Waals surface area contributed by atoms with Crippen molar-refractivity contribution >= 4 is 40.3 Å². The van der Waals surface area contributed by atoms with Gasteiger partial charge < -0.3 is 9.64 Å². The third-order valence-electron chi connectivity index (χ3n) is 4.84. The summed E-state index contributed by atoms with van der Waals surface area (Å²) >= 11 is 3.12. The number of hydrogen-bond acceptors (Lipinski definition) is 6. The molecule has 0 aliphatic carbocycles. The lowest BCUT2D eigenvalue weighted by Gasteiger charge is -2.19. The quantitative estimate of drug-likeness (QED) is 0.635. The van der Waals surface area contributed by atoms with Crippen LogP contribution >= 0.6 is 23.5 Å². The molecule has 7 heteroatoms. The molecule has 2 aliphatic heterocycles. The largest absolute Gasteiger partial charge is 0.497 e. The molecule has 0 aromatic heterocycles. The lowest BCUT2D eigenvalue weighted by molar-refractivity contribution is -0.122. The summed E-state index contributed by atoms with van der Waals surface area (Å²) in [5.41, 5.74) is 2.22. The predicted molar refractivity (Wildman–Crippen MR) is 121 cm³/mol. The number of ether oxygens (including phenoxy) is 1. The van der Waals surface area contributed by atoms with Gasteiger partial charge in [0.2, 0.25) is 0 Å². The van der Waals surface area contributed by atoms with Gasteiger partial charge in [0.25, 0.3) is 5.91 Å². The van der Waals surface area contributed by atoms with E-state index in [1.165, 1.54) is 11.8 Å². The number of anilines is 1. The highest BCUT2D eigenvalue weighted by Gasteiger charge is 2.38. The van der Waals surface area contributed by atoms with Crippen LogP contribution in [0, 0.1) is 0 Å². The first-order chi connectivity index (χ1) is 14.2. The number of carbonyl (C=O) groups excluding carboxylic acids is 1. The van der Waals surface area contributed by atoms with Crippen LogP contribution in [0.1, 0.15) is 19.4 Å². The van der Waals surface area contributed by atoms with Crippen LogP contribution in [0.4, 0.5) is 5.69 Å². The third-order valence-corrected chi connectivity index (χ3v) is 7.26. The summed E-state index contributed by atoms with van der Waals surface area (Å²) in [5.74, 6) is 0.852. The van der Waals surface area contributed by atoms with E-state index < -0.39 is 0 Å². The molecule has 1 saturated heterocycles. The van der Waals surface area contributed by atoms with Crippen LogP contribution in [0.2, 0.25) is 0 Å². The topological polar surface area (TPSA) is 45.1 Å². The molecule has 29 heavy (non-hydrogen) atoms. The van der Waals surface area contributed by atoms with Gasteiger partial charge in [-0.25, -0.2) is 0 Å². The molecule has 2 aromatic carbocycles. The van der Waals surface area contributed by atoms with Gasteiger partial charge in [-0.3, -0.25) is 14.7 Å². The van der Waals surface area contributed by atoms with E-state index in [9.17, 15) is 4.79 Å². The number of amidine groups is 1. The number of thioether (sulfide) groups is 2. The monoisotopic (exact) mass is 425 g/mol. The van der Waals surface area contributed by atoms with Crippen molar-refractivity contribution in [3.8, 4) is 5.75 Å². The number of rotatable bonds is 5. The SMILES string of the molecule is CCN1C(=O)/C(=C2/Sc3ccc(OC)cc3N2CC)SC1=NCc1ccccc1. The Labute approximate surface area is 179 Å². The Bertz CT molecular complexity index is 989. The van der Waals surface area contributed by atoms with Gasteiger partial charge >= 0.3 is 0 Å². The van der Waals surface area contributed by atoms with Crippen LogP contribution in [0.5, 0.6) is 5.75 Å². The van der Waals surface area contributed by atoms with Gasteiger partial charge in [0.15, 0.2) is 5.17 Å². The fourth-order valence-electron chi connectivity index (χ4n) is 3.35. The van der Waals surface area contributed by atoms with E-state index >= 15 is 0 Å². The normalized spacial score (nSPS) is 20.0. The molecule has 0 atom stereocenters. The Kier molecular flexibility index (Phi) is 5.87. The highest BCUT2D eigenvalue weighted by atomic mass is 32.2. The zero-order chi connectivity index (χ0) is 20.4. The average Bonchev–Trinajstić information content (AvgIpc) is 3.28. The van der Waals surface area contributed by atoms with Crippen molar-refractivity contribution in [2.45, 2.75) is 25.3 Å². The van der Waals surface area contributed by atoms with Gasteiger partial charge in [0, 0.05) is 24.1 Å². The number of fused-ring (bicyclic) bond motifs is 1. The van der Waals surface area contributed by atoms with Gasteiger partial charge in [-0.1, -0.05) is 42.1 Å². The number of aliphatic imine (C=N–C) groups is 1. The molecular weight excluding hydrogens is 402 g/mol. The van der Waals surface area contributed by atoms with E-state index in [2.05, 4.69) is 30.0 Å². The van der Waals surface area contributed by atoms with Gasteiger partial charge in [-0.2, -0.15) is 0 Å². The van der Waals surface area contributed by atoms with Crippen molar-refractivity contribution in [2.75, 3.05) is 25.1 Å². The molecule has 2 heterocycles. The molecule has 0 unspecified atom stereocenters. The first kappa shape index (κ1) is 19.9. The summed E-state index contributed by atoms with van der Waals surface area (Å²) < 4.78 is 5.39. The van der Waals surface area contributed by atoms with Crippen LogP contribution in [0.15, 0.2) is 68.4 Å². The molecule has 1 fully saturated rings. The van der Waals surface area contributed by atoms with Gasteiger partial charge in [0.1, 0.15) is 15.7 Å². The molecule has 1 amide bonds. The Hall–Kier alpha value is -2.38.